The Morgan fingerprint density at radius 3 is 2.29 bits per heavy atom. The number of allylic oxidation sites excluding steroid dienone is 2. The summed E-state index contributed by atoms with van der Waals surface area (Å²) in [5.41, 5.74) is 0.931. The predicted octanol–water partition coefficient (Wildman–Crippen LogP) is 7.15. The highest BCUT2D eigenvalue weighted by molar-refractivity contribution is 6.74. The van der Waals surface area contributed by atoms with E-state index in [4.69, 9.17) is 4.43 Å². The van der Waals surface area contributed by atoms with Crippen molar-refractivity contribution >= 4 is 14.1 Å². The van der Waals surface area contributed by atoms with Gasteiger partial charge in [-0.25, -0.2) is 0 Å². The van der Waals surface area contributed by atoms with Gasteiger partial charge in [-0.1, -0.05) is 54.5 Å². The molecule has 3 fully saturated rings. The molecule has 0 unspecified atom stereocenters. The molecule has 28 heavy (non-hydrogen) atoms. The summed E-state index contributed by atoms with van der Waals surface area (Å²) in [5, 5.41) is 0.265. The summed E-state index contributed by atoms with van der Waals surface area (Å²) < 4.78 is 7.04. The minimum Gasteiger partial charge on any atom is -0.414 e. The second-order valence-corrected chi connectivity index (χ2v) is 17.7. The summed E-state index contributed by atoms with van der Waals surface area (Å²) in [7, 11) is -1.76. The first-order valence-electron chi connectivity index (χ1n) is 11.5. The molecule has 0 spiro atoms. The molecule has 0 amide bonds. The molecule has 4 aliphatic rings. The van der Waals surface area contributed by atoms with Gasteiger partial charge in [-0.05, 0) is 84.4 Å². The zero-order valence-electron chi connectivity index (χ0n) is 19.9. The third-order valence-electron chi connectivity index (χ3n) is 9.43. The summed E-state index contributed by atoms with van der Waals surface area (Å²) in [6.45, 7) is 21.8. The highest BCUT2D eigenvalue weighted by Gasteiger charge is 2.64. The van der Waals surface area contributed by atoms with E-state index in [1.807, 2.05) is 6.08 Å². The topological polar surface area (TPSA) is 26.3 Å². The fourth-order valence-corrected chi connectivity index (χ4v) is 7.48. The fraction of sp³-hybridized carbons (Fsp3) is 0.880. The molecule has 2 bridgehead atoms. The van der Waals surface area contributed by atoms with Gasteiger partial charge in [-0.15, -0.1) is 0 Å². The van der Waals surface area contributed by atoms with Crippen molar-refractivity contribution in [1.29, 1.82) is 0 Å². The molecule has 3 saturated carbocycles. The SMILES string of the molecule is CC1(C)[C@@H]2C[C@H]1[C@@](C)(CC[C@]1(C)C=CC(=O)CC1)C[C@@H]2O[Si](C)(C)C(C)(C)C. The van der Waals surface area contributed by atoms with E-state index in [0.717, 1.165) is 24.7 Å². The van der Waals surface area contributed by atoms with Crippen LogP contribution in [0.1, 0.15) is 87.0 Å². The Morgan fingerprint density at radius 1 is 1.14 bits per heavy atom. The third kappa shape index (κ3) is 3.83. The van der Waals surface area contributed by atoms with Crippen LogP contribution in [0.5, 0.6) is 0 Å². The van der Waals surface area contributed by atoms with Crippen molar-refractivity contribution < 1.29 is 9.22 Å². The Balaban J connectivity index is 1.76. The van der Waals surface area contributed by atoms with E-state index in [9.17, 15) is 4.79 Å². The van der Waals surface area contributed by atoms with Crippen LogP contribution >= 0.6 is 0 Å². The first-order valence-corrected chi connectivity index (χ1v) is 14.4. The van der Waals surface area contributed by atoms with Crippen LogP contribution in [0.4, 0.5) is 0 Å². The van der Waals surface area contributed by atoms with Crippen LogP contribution in [0, 0.1) is 28.1 Å². The first kappa shape index (κ1) is 22.3. The van der Waals surface area contributed by atoms with Crippen LogP contribution in [0.25, 0.3) is 0 Å². The molecule has 0 radical (unpaired) electrons. The Bertz CT molecular complexity index is 656. The quantitative estimate of drug-likeness (QED) is 0.455. The second-order valence-electron chi connectivity index (χ2n) is 12.9. The summed E-state index contributed by atoms with van der Waals surface area (Å²) in [4.78, 5) is 11.6. The maximum Gasteiger partial charge on any atom is 0.192 e. The van der Waals surface area contributed by atoms with E-state index >= 15 is 0 Å². The largest absolute Gasteiger partial charge is 0.414 e. The van der Waals surface area contributed by atoms with Gasteiger partial charge in [0.2, 0.25) is 0 Å². The molecule has 0 heterocycles. The minimum absolute atomic E-state index is 0.192. The Kier molecular flexibility index (Phi) is 5.41. The molecule has 0 saturated heterocycles. The van der Waals surface area contributed by atoms with Crippen molar-refractivity contribution in [2.24, 2.45) is 28.1 Å². The van der Waals surface area contributed by atoms with Gasteiger partial charge in [0.25, 0.3) is 0 Å². The molecule has 0 aliphatic heterocycles. The van der Waals surface area contributed by atoms with E-state index in [1.54, 1.807) is 0 Å². The standard InChI is InChI=1S/C25H44O2Si/c1-22(2,3)28(8,9)27-20-17-25(7,21-16-19(20)23(21,4)5)15-14-24(6)12-10-18(26)11-13-24/h10,12,19-21H,11,13-17H2,1-9H3/t19-,20+,21-,24-,25+/m1/s1. The molecule has 0 aromatic heterocycles. The van der Waals surface area contributed by atoms with Gasteiger partial charge < -0.3 is 4.43 Å². The van der Waals surface area contributed by atoms with Crippen molar-refractivity contribution in [3.05, 3.63) is 12.2 Å². The number of hydrogen-bond donors (Lipinski definition) is 0. The van der Waals surface area contributed by atoms with Gasteiger partial charge in [0.1, 0.15) is 0 Å². The molecule has 160 valence electrons. The minimum atomic E-state index is -1.76. The van der Waals surface area contributed by atoms with E-state index in [-0.39, 0.29) is 10.5 Å². The molecule has 4 aliphatic carbocycles. The lowest BCUT2D eigenvalue weighted by atomic mass is 9.39. The van der Waals surface area contributed by atoms with Crippen molar-refractivity contribution in [3.63, 3.8) is 0 Å². The lowest BCUT2D eigenvalue weighted by molar-refractivity contribution is -0.206. The maximum absolute atomic E-state index is 11.6. The molecule has 3 heteroatoms. The summed E-state index contributed by atoms with van der Waals surface area (Å²) >= 11 is 0. The number of carbonyl (C=O) groups is 1. The van der Waals surface area contributed by atoms with Gasteiger partial charge in [0.05, 0.1) is 0 Å². The van der Waals surface area contributed by atoms with Gasteiger partial charge in [0, 0.05) is 12.5 Å². The van der Waals surface area contributed by atoms with E-state index < -0.39 is 8.32 Å². The van der Waals surface area contributed by atoms with Gasteiger partial charge in [0.15, 0.2) is 14.1 Å². The molecule has 0 aromatic carbocycles. The molecule has 2 nitrogen and oxygen atoms in total. The summed E-state index contributed by atoms with van der Waals surface area (Å²) in [6.07, 6.45) is 11.2. The Morgan fingerprint density at radius 2 is 1.79 bits per heavy atom. The van der Waals surface area contributed by atoms with Crippen LogP contribution in [-0.4, -0.2) is 20.2 Å². The van der Waals surface area contributed by atoms with Crippen molar-refractivity contribution in [3.8, 4) is 0 Å². The smallest absolute Gasteiger partial charge is 0.192 e. The number of carbonyl (C=O) groups excluding carboxylic acids is 1. The maximum atomic E-state index is 11.6. The average molecular weight is 405 g/mol. The second kappa shape index (κ2) is 6.80. The average Bonchev–Trinajstić information content (AvgIpc) is 2.54. The molecule has 4 rings (SSSR count). The number of ketones is 1. The Hall–Kier alpha value is -0.413. The molecule has 5 atom stereocenters. The molecule has 0 aromatic rings. The van der Waals surface area contributed by atoms with E-state index in [1.165, 1.54) is 25.7 Å². The lowest BCUT2D eigenvalue weighted by Crippen LogP contribution is -2.65. The monoisotopic (exact) mass is 404 g/mol. The summed E-state index contributed by atoms with van der Waals surface area (Å²) in [6, 6.07) is 0. The normalized spacial score (nSPS) is 40.3. The predicted molar refractivity (Wildman–Crippen MR) is 121 cm³/mol. The zero-order valence-corrected chi connectivity index (χ0v) is 20.9. The molecular formula is C25H44O2Si. The van der Waals surface area contributed by atoms with Gasteiger partial charge in [-0.3, -0.25) is 4.79 Å². The Labute approximate surface area is 175 Å². The number of hydrogen-bond acceptors (Lipinski definition) is 2. The number of rotatable bonds is 5. The fourth-order valence-electron chi connectivity index (χ4n) is 6.12. The van der Waals surface area contributed by atoms with Crippen LogP contribution in [0.15, 0.2) is 12.2 Å². The van der Waals surface area contributed by atoms with Crippen LogP contribution < -0.4 is 0 Å². The zero-order chi connectivity index (χ0) is 21.2. The molecular weight excluding hydrogens is 360 g/mol. The van der Waals surface area contributed by atoms with Crippen LogP contribution in [-0.2, 0) is 9.22 Å². The number of fused-ring (bicyclic) bond motifs is 2. The highest BCUT2D eigenvalue weighted by atomic mass is 28.4. The van der Waals surface area contributed by atoms with Crippen molar-refractivity contribution in [2.75, 3.05) is 0 Å². The van der Waals surface area contributed by atoms with Gasteiger partial charge in [-0.2, -0.15) is 0 Å². The lowest BCUT2D eigenvalue weighted by Gasteiger charge is -2.68. The van der Waals surface area contributed by atoms with Crippen LogP contribution in [0.2, 0.25) is 18.1 Å². The van der Waals surface area contributed by atoms with Gasteiger partial charge >= 0.3 is 0 Å². The van der Waals surface area contributed by atoms with Crippen LogP contribution in [0.3, 0.4) is 0 Å². The highest BCUT2D eigenvalue weighted by Crippen LogP contribution is 2.68. The summed E-state index contributed by atoms with van der Waals surface area (Å²) in [5.74, 6) is 1.83. The third-order valence-corrected chi connectivity index (χ3v) is 13.9. The molecule has 0 N–H and O–H groups in total. The van der Waals surface area contributed by atoms with E-state index in [2.05, 4.69) is 67.6 Å². The van der Waals surface area contributed by atoms with Crippen molar-refractivity contribution in [1.82, 2.24) is 0 Å². The first-order chi connectivity index (χ1) is 12.6. The van der Waals surface area contributed by atoms with Crippen molar-refractivity contribution in [2.45, 2.75) is 111 Å². The van der Waals surface area contributed by atoms with E-state index in [0.29, 0.717) is 22.7 Å².